The minimum atomic E-state index is -3.18. The Hall–Kier alpha value is -0.170. The van der Waals surface area contributed by atoms with E-state index in [4.69, 9.17) is 4.74 Å². The maximum Gasteiger partial charge on any atom is 0.215 e. The molecule has 1 aliphatic heterocycles. The van der Waals surface area contributed by atoms with Crippen LogP contribution in [0.5, 0.6) is 0 Å². The summed E-state index contributed by atoms with van der Waals surface area (Å²) in [6, 6.07) is 0. The van der Waals surface area contributed by atoms with E-state index in [1.165, 1.54) is 0 Å². The van der Waals surface area contributed by atoms with Crippen LogP contribution < -0.4 is 5.32 Å². The van der Waals surface area contributed by atoms with Gasteiger partial charge in [0.1, 0.15) is 0 Å². The molecule has 0 aromatic carbocycles. The quantitative estimate of drug-likeness (QED) is 0.770. The van der Waals surface area contributed by atoms with Crippen LogP contribution in [-0.4, -0.2) is 56.9 Å². The van der Waals surface area contributed by atoms with Gasteiger partial charge in [0.2, 0.25) is 10.0 Å². The minimum absolute atomic E-state index is 0.0268. The van der Waals surface area contributed by atoms with Gasteiger partial charge in [-0.2, -0.15) is 4.31 Å². The van der Waals surface area contributed by atoms with E-state index in [0.29, 0.717) is 19.6 Å². The second-order valence-corrected chi connectivity index (χ2v) is 8.72. The average Bonchev–Trinajstić information content (AvgIpc) is 2.22. The first-order chi connectivity index (χ1) is 8.60. The van der Waals surface area contributed by atoms with E-state index >= 15 is 0 Å². The average molecular weight is 292 g/mol. The molecule has 1 fully saturated rings. The van der Waals surface area contributed by atoms with Crippen LogP contribution in [0, 0.1) is 5.41 Å². The van der Waals surface area contributed by atoms with E-state index in [0.717, 1.165) is 6.54 Å². The summed E-state index contributed by atoms with van der Waals surface area (Å²) in [7, 11) is -3.18. The molecule has 0 saturated carbocycles. The monoisotopic (exact) mass is 292 g/mol. The molecule has 0 aromatic rings. The highest BCUT2D eigenvalue weighted by Crippen LogP contribution is 2.15. The molecule has 19 heavy (non-hydrogen) atoms. The fourth-order valence-corrected chi connectivity index (χ4v) is 3.69. The molecule has 0 aliphatic carbocycles. The summed E-state index contributed by atoms with van der Waals surface area (Å²) in [5.74, 6) is 0.155. The Morgan fingerprint density at radius 3 is 2.21 bits per heavy atom. The Morgan fingerprint density at radius 1 is 1.21 bits per heavy atom. The minimum Gasteiger partial charge on any atom is -0.373 e. The molecule has 0 aromatic heterocycles. The van der Waals surface area contributed by atoms with Crippen molar-refractivity contribution in [3.63, 3.8) is 0 Å². The number of hydrogen-bond acceptors (Lipinski definition) is 4. The predicted molar refractivity (Wildman–Crippen MR) is 77.7 cm³/mol. The van der Waals surface area contributed by atoms with Crippen LogP contribution in [0.2, 0.25) is 0 Å². The van der Waals surface area contributed by atoms with E-state index in [1.807, 2.05) is 13.8 Å². The topological polar surface area (TPSA) is 58.6 Å². The molecule has 0 bridgehead atoms. The van der Waals surface area contributed by atoms with Crippen molar-refractivity contribution in [1.82, 2.24) is 9.62 Å². The molecule has 1 saturated heterocycles. The third-order valence-electron chi connectivity index (χ3n) is 2.97. The fraction of sp³-hybridized carbons (Fsp3) is 1.00. The standard InChI is InChI=1S/C13H28N2O3S/c1-11-8-15(9-12(2)18-11)19(16,17)7-6-14-10-13(3,4)5/h11-12,14H,6-10H2,1-5H3/t11-,12-/m1/s1. The van der Waals surface area contributed by atoms with E-state index in [1.54, 1.807) is 4.31 Å². The summed E-state index contributed by atoms with van der Waals surface area (Å²) in [6.07, 6.45) is -0.0536. The molecular weight excluding hydrogens is 264 g/mol. The van der Waals surface area contributed by atoms with Gasteiger partial charge in [0, 0.05) is 26.2 Å². The molecule has 1 aliphatic rings. The van der Waals surface area contributed by atoms with Gasteiger partial charge in [-0.05, 0) is 19.3 Å². The second kappa shape index (κ2) is 6.52. The van der Waals surface area contributed by atoms with Crippen LogP contribution in [0.1, 0.15) is 34.6 Å². The number of sulfonamides is 1. The molecule has 114 valence electrons. The summed E-state index contributed by atoms with van der Waals surface area (Å²) in [5, 5.41) is 3.21. The van der Waals surface area contributed by atoms with Crippen molar-refractivity contribution >= 4 is 10.0 Å². The van der Waals surface area contributed by atoms with Gasteiger partial charge in [0.05, 0.1) is 18.0 Å². The van der Waals surface area contributed by atoms with Crippen molar-refractivity contribution in [3.8, 4) is 0 Å². The molecule has 0 spiro atoms. The smallest absolute Gasteiger partial charge is 0.215 e. The van der Waals surface area contributed by atoms with Crippen molar-refractivity contribution in [1.29, 1.82) is 0 Å². The van der Waals surface area contributed by atoms with Crippen LogP contribution in [0.3, 0.4) is 0 Å². The summed E-state index contributed by atoms with van der Waals surface area (Å²) in [5.41, 5.74) is 0.172. The molecule has 0 radical (unpaired) electrons. The zero-order chi connectivity index (χ0) is 14.7. The highest BCUT2D eigenvalue weighted by atomic mass is 32.2. The van der Waals surface area contributed by atoms with E-state index in [-0.39, 0.29) is 23.4 Å². The number of nitrogens with one attached hydrogen (secondary N) is 1. The first-order valence-corrected chi connectivity index (χ1v) is 8.55. The Labute approximate surface area is 117 Å². The highest BCUT2D eigenvalue weighted by molar-refractivity contribution is 7.89. The van der Waals surface area contributed by atoms with Gasteiger partial charge in [-0.15, -0.1) is 0 Å². The Morgan fingerprint density at radius 2 is 1.74 bits per heavy atom. The summed E-state index contributed by atoms with van der Waals surface area (Å²) in [4.78, 5) is 0. The van der Waals surface area contributed by atoms with Crippen molar-refractivity contribution in [3.05, 3.63) is 0 Å². The lowest BCUT2D eigenvalue weighted by molar-refractivity contribution is -0.0440. The van der Waals surface area contributed by atoms with Crippen molar-refractivity contribution in [2.75, 3.05) is 31.9 Å². The van der Waals surface area contributed by atoms with Gasteiger partial charge in [0.15, 0.2) is 0 Å². The SMILES string of the molecule is C[C@@H]1CN(S(=O)(=O)CCNCC(C)(C)C)C[C@@H](C)O1. The van der Waals surface area contributed by atoms with Gasteiger partial charge >= 0.3 is 0 Å². The molecular formula is C13H28N2O3S. The zero-order valence-corrected chi connectivity index (χ0v) is 13.6. The Bertz CT molecular complexity index is 366. The summed E-state index contributed by atoms with van der Waals surface area (Å²) < 4.78 is 31.6. The van der Waals surface area contributed by atoms with Gasteiger partial charge in [-0.25, -0.2) is 8.42 Å². The summed E-state index contributed by atoms with van der Waals surface area (Å²) in [6.45, 7) is 12.4. The Balaban J connectivity index is 2.43. The van der Waals surface area contributed by atoms with Crippen LogP contribution in [-0.2, 0) is 14.8 Å². The lowest BCUT2D eigenvalue weighted by atomic mass is 9.97. The normalized spacial score (nSPS) is 26.6. The van der Waals surface area contributed by atoms with E-state index in [9.17, 15) is 8.42 Å². The molecule has 2 atom stereocenters. The third kappa shape index (κ3) is 6.21. The molecule has 0 unspecified atom stereocenters. The number of morpholine rings is 1. The Kier molecular flexibility index (Phi) is 5.79. The lowest BCUT2D eigenvalue weighted by Crippen LogP contribution is -2.49. The molecule has 6 heteroatoms. The maximum atomic E-state index is 12.2. The first-order valence-electron chi connectivity index (χ1n) is 6.94. The lowest BCUT2D eigenvalue weighted by Gasteiger charge is -2.34. The highest BCUT2D eigenvalue weighted by Gasteiger charge is 2.30. The molecule has 1 rings (SSSR count). The van der Waals surface area contributed by atoms with Crippen LogP contribution in [0.25, 0.3) is 0 Å². The molecule has 1 heterocycles. The van der Waals surface area contributed by atoms with Crippen LogP contribution >= 0.6 is 0 Å². The molecule has 1 N–H and O–H groups in total. The largest absolute Gasteiger partial charge is 0.373 e. The summed E-state index contributed by atoms with van der Waals surface area (Å²) >= 11 is 0. The van der Waals surface area contributed by atoms with Crippen LogP contribution in [0.4, 0.5) is 0 Å². The molecule has 5 nitrogen and oxygen atoms in total. The second-order valence-electron chi connectivity index (χ2n) is 6.63. The van der Waals surface area contributed by atoms with Gasteiger partial charge in [-0.3, -0.25) is 0 Å². The number of rotatable bonds is 5. The van der Waals surface area contributed by atoms with Gasteiger partial charge in [-0.1, -0.05) is 20.8 Å². The van der Waals surface area contributed by atoms with E-state index < -0.39 is 10.0 Å². The van der Waals surface area contributed by atoms with Crippen molar-refractivity contribution in [2.45, 2.75) is 46.8 Å². The first kappa shape index (κ1) is 16.9. The maximum absolute atomic E-state index is 12.2. The van der Waals surface area contributed by atoms with Crippen molar-refractivity contribution < 1.29 is 13.2 Å². The van der Waals surface area contributed by atoms with Gasteiger partial charge in [0.25, 0.3) is 0 Å². The molecule has 0 amide bonds. The fourth-order valence-electron chi connectivity index (χ4n) is 2.15. The number of hydrogen-bond donors (Lipinski definition) is 1. The van der Waals surface area contributed by atoms with Crippen LogP contribution in [0.15, 0.2) is 0 Å². The third-order valence-corrected chi connectivity index (χ3v) is 4.78. The van der Waals surface area contributed by atoms with Gasteiger partial charge < -0.3 is 10.1 Å². The van der Waals surface area contributed by atoms with Crippen molar-refractivity contribution in [2.24, 2.45) is 5.41 Å². The number of ether oxygens (including phenoxy) is 1. The zero-order valence-electron chi connectivity index (χ0n) is 12.8. The van der Waals surface area contributed by atoms with E-state index in [2.05, 4.69) is 26.1 Å². The predicted octanol–water partition coefficient (Wildman–Crippen LogP) is 1.06. The number of nitrogens with zero attached hydrogens (tertiary/aromatic N) is 1.